The van der Waals surface area contributed by atoms with E-state index < -0.39 is 0 Å². The van der Waals surface area contributed by atoms with E-state index in [1.54, 1.807) is 42.7 Å². The topological polar surface area (TPSA) is 51.2 Å². The van der Waals surface area contributed by atoms with Crippen molar-refractivity contribution in [2.24, 2.45) is 0 Å². The molecule has 0 heterocycles. The molecule has 3 nitrogen and oxygen atoms in total. The third kappa shape index (κ3) is 1.86. The van der Waals surface area contributed by atoms with Crippen molar-refractivity contribution in [3.05, 3.63) is 70.3 Å². The quantitative estimate of drug-likeness (QED) is 0.509. The maximum Gasteiger partial charge on any atom is 1.00 e. The summed E-state index contributed by atoms with van der Waals surface area (Å²) >= 11 is 0. The summed E-state index contributed by atoms with van der Waals surface area (Å²) in [5.41, 5.74) is 1.31. The summed E-state index contributed by atoms with van der Waals surface area (Å²) in [6, 6.07) is 11.3. The number of carbonyl (C=O) groups excluding carboxylic acids is 3. The molecule has 0 N–H and O–H groups in total. The number of rotatable bonds is 1. The molecule has 0 bridgehead atoms. The van der Waals surface area contributed by atoms with Crippen molar-refractivity contribution in [1.82, 2.24) is 0 Å². The number of hydrogen-bond acceptors (Lipinski definition) is 3. The van der Waals surface area contributed by atoms with Crippen molar-refractivity contribution in [3.63, 3.8) is 0 Å². The van der Waals surface area contributed by atoms with Gasteiger partial charge in [0, 0.05) is 11.1 Å². The minimum absolute atomic E-state index is 0. The Morgan fingerprint density at radius 1 is 0.737 bits per heavy atom. The Hall–Kier alpha value is -2.03. The maximum atomic E-state index is 12.3. The molecule has 1 aliphatic carbocycles. The van der Waals surface area contributed by atoms with Crippen LogP contribution in [0.2, 0.25) is 0 Å². The monoisotopic (exact) mass is 298 g/mol. The largest absolute Gasteiger partial charge is 1.00 e. The van der Waals surface area contributed by atoms with Gasteiger partial charge in [-0.2, -0.15) is 6.07 Å². The summed E-state index contributed by atoms with van der Waals surface area (Å²) in [4.78, 5) is 35.4. The second kappa shape index (κ2) is 4.92. The summed E-state index contributed by atoms with van der Waals surface area (Å²) < 4.78 is 0. The van der Waals surface area contributed by atoms with Crippen LogP contribution in [0.25, 0.3) is 0 Å². The predicted molar refractivity (Wildman–Crippen MR) is 64.5 cm³/mol. The van der Waals surface area contributed by atoms with Gasteiger partial charge in [-0.3, -0.25) is 4.79 Å². The van der Waals surface area contributed by atoms with E-state index in [0.29, 0.717) is 11.1 Å². The number of benzene rings is 2. The summed E-state index contributed by atoms with van der Waals surface area (Å²) in [7, 11) is 0. The van der Waals surface area contributed by atoms with Crippen molar-refractivity contribution in [2.45, 2.75) is 0 Å². The molecule has 0 aromatic heterocycles. The first-order valence-electron chi connectivity index (χ1n) is 5.43. The zero-order valence-corrected chi connectivity index (χ0v) is 10.5. The normalized spacial score (nSPS) is 12.2. The van der Waals surface area contributed by atoms with Gasteiger partial charge in [0.05, 0.1) is 6.29 Å². The van der Waals surface area contributed by atoms with Gasteiger partial charge in [-0.15, -0.1) is 11.6 Å². The van der Waals surface area contributed by atoms with Crippen molar-refractivity contribution in [2.75, 3.05) is 0 Å². The average Bonchev–Trinajstić information content (AvgIpc) is 2.44. The molecule has 19 heavy (non-hydrogen) atoms. The number of fused-ring (bicyclic) bond motifs is 2. The smallest absolute Gasteiger partial charge is 0.376 e. The molecule has 0 atom stereocenters. The Balaban J connectivity index is 0.00000133. The summed E-state index contributed by atoms with van der Waals surface area (Å²) in [6.45, 7) is 0. The fourth-order valence-corrected chi connectivity index (χ4v) is 2.23. The SMILES string of the molecule is O=[C-]c1cccc2c1C(=O)c1ccccc1C2=O.[Cu+]. The van der Waals surface area contributed by atoms with Gasteiger partial charge < -0.3 is 9.59 Å². The second-order valence-electron chi connectivity index (χ2n) is 4.03. The van der Waals surface area contributed by atoms with Gasteiger partial charge in [-0.1, -0.05) is 35.9 Å². The third-order valence-electron chi connectivity index (χ3n) is 3.06. The summed E-state index contributed by atoms with van der Waals surface area (Å²) in [5, 5.41) is 0. The molecule has 2 aromatic rings. The van der Waals surface area contributed by atoms with Gasteiger partial charge in [-0.25, -0.2) is 0 Å². The molecule has 1 aliphatic rings. The first-order chi connectivity index (χ1) is 8.74. The molecule has 0 spiro atoms. The molecule has 0 saturated carbocycles. The van der Waals surface area contributed by atoms with Gasteiger partial charge in [0.2, 0.25) is 0 Å². The molecule has 4 heteroatoms. The first kappa shape index (κ1) is 13.4. The van der Waals surface area contributed by atoms with E-state index in [1.165, 1.54) is 6.07 Å². The van der Waals surface area contributed by atoms with E-state index >= 15 is 0 Å². The van der Waals surface area contributed by atoms with Gasteiger partial charge in [0.25, 0.3) is 0 Å². The Bertz CT molecular complexity index is 704. The van der Waals surface area contributed by atoms with E-state index in [2.05, 4.69) is 0 Å². The molecule has 0 amide bonds. The fraction of sp³-hybridized carbons (Fsp3) is 0. The minimum Gasteiger partial charge on any atom is -0.376 e. The van der Waals surface area contributed by atoms with Crippen molar-refractivity contribution < 1.29 is 31.5 Å². The Morgan fingerprint density at radius 2 is 1.32 bits per heavy atom. The first-order valence-corrected chi connectivity index (χ1v) is 5.43. The van der Waals surface area contributed by atoms with Crippen LogP contribution in [0.5, 0.6) is 0 Å². The number of ketones is 2. The zero-order chi connectivity index (χ0) is 12.7. The Morgan fingerprint density at radius 3 is 1.95 bits per heavy atom. The van der Waals surface area contributed by atoms with Crippen LogP contribution in [-0.2, 0) is 21.9 Å². The zero-order valence-electron chi connectivity index (χ0n) is 9.57. The van der Waals surface area contributed by atoms with Crippen LogP contribution in [0.4, 0.5) is 0 Å². The molecule has 3 rings (SSSR count). The van der Waals surface area contributed by atoms with E-state index in [0.717, 1.165) is 0 Å². The third-order valence-corrected chi connectivity index (χ3v) is 3.06. The van der Waals surface area contributed by atoms with E-state index in [4.69, 9.17) is 0 Å². The maximum absolute atomic E-state index is 12.3. The molecular weight excluding hydrogens is 292 g/mol. The Kier molecular flexibility index (Phi) is 3.47. The minimum atomic E-state index is -0.292. The molecule has 2 aromatic carbocycles. The van der Waals surface area contributed by atoms with Crippen LogP contribution < -0.4 is 0 Å². The van der Waals surface area contributed by atoms with Gasteiger partial charge in [0.15, 0.2) is 5.78 Å². The van der Waals surface area contributed by atoms with Crippen LogP contribution >= 0.6 is 0 Å². The van der Waals surface area contributed by atoms with Crippen LogP contribution in [0.15, 0.2) is 42.5 Å². The van der Waals surface area contributed by atoms with Gasteiger partial charge in [0.1, 0.15) is 5.78 Å². The fourth-order valence-electron chi connectivity index (χ4n) is 2.23. The van der Waals surface area contributed by atoms with Gasteiger partial charge in [-0.05, 0) is 5.56 Å². The molecule has 96 valence electrons. The average molecular weight is 299 g/mol. The van der Waals surface area contributed by atoms with Crippen molar-refractivity contribution in [3.8, 4) is 0 Å². The van der Waals surface area contributed by atoms with E-state index in [9.17, 15) is 14.4 Å². The molecule has 0 fully saturated rings. The van der Waals surface area contributed by atoms with Crippen molar-refractivity contribution in [1.29, 1.82) is 0 Å². The molecule has 0 saturated heterocycles. The molecule has 0 unspecified atom stereocenters. The molecule has 0 radical (unpaired) electrons. The molecular formula is C15H7CuO3. The van der Waals surface area contributed by atoms with Gasteiger partial charge >= 0.3 is 17.1 Å². The summed E-state index contributed by atoms with van der Waals surface area (Å²) in [5.74, 6) is -0.517. The molecule has 0 aliphatic heterocycles. The summed E-state index contributed by atoms with van der Waals surface area (Å²) in [6.07, 6.45) is 1.71. The van der Waals surface area contributed by atoms with E-state index in [1.807, 2.05) is 0 Å². The van der Waals surface area contributed by atoms with Crippen LogP contribution in [-0.4, -0.2) is 17.9 Å². The number of hydrogen-bond donors (Lipinski definition) is 0. The second-order valence-corrected chi connectivity index (χ2v) is 4.03. The van der Waals surface area contributed by atoms with Crippen LogP contribution in [0.3, 0.4) is 0 Å². The van der Waals surface area contributed by atoms with E-state index in [-0.39, 0.29) is 45.3 Å². The predicted octanol–water partition coefficient (Wildman–Crippen LogP) is 1.92. The van der Waals surface area contributed by atoms with Crippen LogP contribution in [0, 0.1) is 0 Å². The van der Waals surface area contributed by atoms with Crippen molar-refractivity contribution >= 4 is 17.9 Å². The standard InChI is InChI=1S/C15H7O3.Cu/c16-8-9-4-3-7-12-13(9)15(18)11-6-2-1-5-10(11)14(12)17;/h1-7H;/q-1;+1. The number of carbonyl (C=O) groups is 2. The van der Waals surface area contributed by atoms with Crippen LogP contribution in [0.1, 0.15) is 37.4 Å². The Labute approximate surface area is 120 Å².